The number of nitrogens with two attached hydrogens (primary N) is 1. The van der Waals surface area contributed by atoms with Gasteiger partial charge < -0.3 is 5.73 Å². The maximum Gasteiger partial charge on any atom is 0.125 e. The fourth-order valence-corrected chi connectivity index (χ4v) is 1.63. The molecule has 0 spiro atoms. The number of rotatable bonds is 2. The molecule has 0 aliphatic rings. The van der Waals surface area contributed by atoms with Crippen LogP contribution in [0.15, 0.2) is 12.1 Å². The zero-order valence-corrected chi connectivity index (χ0v) is 9.53. The summed E-state index contributed by atoms with van der Waals surface area (Å²) >= 11 is 11.7. The van der Waals surface area contributed by atoms with E-state index < -0.39 is 5.82 Å². The lowest BCUT2D eigenvalue weighted by Gasteiger charge is -2.18. The second kappa shape index (κ2) is 4.47. The third kappa shape index (κ3) is 2.38. The summed E-state index contributed by atoms with van der Waals surface area (Å²) in [5, 5.41) is 0.548. The fourth-order valence-electron chi connectivity index (χ4n) is 1.18. The Morgan fingerprint density at radius 3 is 2.36 bits per heavy atom. The summed E-state index contributed by atoms with van der Waals surface area (Å²) in [5.41, 5.74) is 6.43. The second-order valence-electron chi connectivity index (χ2n) is 3.56. The van der Waals surface area contributed by atoms with E-state index in [1.807, 2.05) is 13.8 Å². The summed E-state index contributed by atoms with van der Waals surface area (Å²) < 4.78 is 13.0. The van der Waals surface area contributed by atoms with Crippen LogP contribution in [0.3, 0.4) is 0 Å². The molecule has 0 radical (unpaired) electrons. The van der Waals surface area contributed by atoms with Gasteiger partial charge in [0.15, 0.2) is 0 Å². The minimum absolute atomic E-state index is 0.186. The molecule has 1 atom stereocenters. The number of benzene rings is 1. The van der Waals surface area contributed by atoms with Gasteiger partial charge in [-0.1, -0.05) is 37.0 Å². The molecule has 0 amide bonds. The van der Waals surface area contributed by atoms with Crippen molar-refractivity contribution in [1.29, 1.82) is 0 Å². The fraction of sp³-hybridized carbons (Fsp3) is 0.400. The molecule has 2 N–H and O–H groups in total. The Morgan fingerprint density at radius 2 is 1.86 bits per heavy atom. The molecule has 0 heterocycles. The predicted molar refractivity (Wildman–Crippen MR) is 58.2 cm³/mol. The SMILES string of the molecule is CC(C)[C@@H](N)c1cc(F)cc(Cl)c1Cl. The van der Waals surface area contributed by atoms with Crippen LogP contribution in [0.5, 0.6) is 0 Å². The van der Waals surface area contributed by atoms with E-state index >= 15 is 0 Å². The predicted octanol–water partition coefficient (Wildman–Crippen LogP) is 3.79. The minimum atomic E-state index is -0.412. The molecule has 1 aromatic rings. The van der Waals surface area contributed by atoms with Gasteiger partial charge in [-0.05, 0) is 23.6 Å². The Kier molecular flexibility index (Phi) is 3.76. The Balaban J connectivity index is 3.20. The lowest BCUT2D eigenvalue weighted by atomic mass is 9.97. The maximum absolute atomic E-state index is 13.0. The van der Waals surface area contributed by atoms with Crippen molar-refractivity contribution in [3.05, 3.63) is 33.6 Å². The summed E-state index contributed by atoms with van der Waals surface area (Å²) in [4.78, 5) is 0. The van der Waals surface area contributed by atoms with Crippen LogP contribution in [0.2, 0.25) is 10.0 Å². The quantitative estimate of drug-likeness (QED) is 0.776. The van der Waals surface area contributed by atoms with Crippen LogP contribution in [0.25, 0.3) is 0 Å². The largest absolute Gasteiger partial charge is 0.324 e. The molecule has 0 saturated carbocycles. The Labute approximate surface area is 93.0 Å². The van der Waals surface area contributed by atoms with Crippen LogP contribution in [-0.2, 0) is 0 Å². The zero-order valence-electron chi connectivity index (χ0n) is 8.02. The monoisotopic (exact) mass is 235 g/mol. The topological polar surface area (TPSA) is 26.0 Å². The van der Waals surface area contributed by atoms with E-state index in [-0.39, 0.29) is 17.0 Å². The van der Waals surface area contributed by atoms with Crippen molar-refractivity contribution >= 4 is 23.2 Å². The van der Waals surface area contributed by atoms with Gasteiger partial charge in [0.05, 0.1) is 10.0 Å². The zero-order chi connectivity index (χ0) is 10.9. The molecule has 0 bridgehead atoms. The highest BCUT2D eigenvalue weighted by Gasteiger charge is 2.17. The molecule has 14 heavy (non-hydrogen) atoms. The van der Waals surface area contributed by atoms with Gasteiger partial charge in [-0.25, -0.2) is 4.39 Å². The molecule has 4 heteroatoms. The average molecular weight is 236 g/mol. The Morgan fingerprint density at radius 1 is 1.29 bits per heavy atom. The lowest BCUT2D eigenvalue weighted by molar-refractivity contribution is 0.510. The minimum Gasteiger partial charge on any atom is -0.324 e. The first-order valence-electron chi connectivity index (χ1n) is 4.33. The van der Waals surface area contributed by atoms with Gasteiger partial charge in [0, 0.05) is 6.04 Å². The molecule has 1 nitrogen and oxygen atoms in total. The first-order chi connectivity index (χ1) is 6.43. The Hall–Kier alpha value is -0.310. The summed E-state index contributed by atoms with van der Waals surface area (Å²) in [5.74, 6) is -0.226. The smallest absolute Gasteiger partial charge is 0.125 e. The van der Waals surface area contributed by atoms with Gasteiger partial charge in [-0.3, -0.25) is 0 Å². The first kappa shape index (κ1) is 11.8. The molecule has 0 aliphatic heterocycles. The highest BCUT2D eigenvalue weighted by Crippen LogP contribution is 2.32. The van der Waals surface area contributed by atoms with E-state index in [2.05, 4.69) is 0 Å². The van der Waals surface area contributed by atoms with Crippen LogP contribution >= 0.6 is 23.2 Å². The molecule has 0 fully saturated rings. The van der Waals surface area contributed by atoms with Crippen LogP contribution in [0.1, 0.15) is 25.5 Å². The van der Waals surface area contributed by atoms with Crippen molar-refractivity contribution in [2.75, 3.05) is 0 Å². The third-order valence-electron chi connectivity index (χ3n) is 2.10. The lowest BCUT2D eigenvalue weighted by Crippen LogP contribution is -2.17. The molecular weight excluding hydrogens is 224 g/mol. The van der Waals surface area contributed by atoms with Crippen LogP contribution in [0.4, 0.5) is 4.39 Å². The van der Waals surface area contributed by atoms with Gasteiger partial charge in [-0.2, -0.15) is 0 Å². The van der Waals surface area contributed by atoms with Crippen LogP contribution in [0, 0.1) is 11.7 Å². The van der Waals surface area contributed by atoms with Gasteiger partial charge in [-0.15, -0.1) is 0 Å². The van der Waals surface area contributed by atoms with E-state index in [1.165, 1.54) is 12.1 Å². The standard InChI is InChI=1S/C10H12Cl2FN/c1-5(2)10(14)7-3-6(13)4-8(11)9(7)12/h3-5,10H,14H2,1-2H3/t10-/m1/s1. The van der Waals surface area contributed by atoms with Crippen molar-refractivity contribution in [2.45, 2.75) is 19.9 Å². The number of hydrogen-bond donors (Lipinski definition) is 1. The Bertz CT molecular complexity index is 339. The normalized spacial score (nSPS) is 13.4. The van der Waals surface area contributed by atoms with Crippen molar-refractivity contribution in [3.8, 4) is 0 Å². The van der Waals surface area contributed by atoms with Crippen molar-refractivity contribution in [2.24, 2.45) is 11.7 Å². The van der Waals surface area contributed by atoms with Crippen LogP contribution in [-0.4, -0.2) is 0 Å². The molecule has 78 valence electrons. The van der Waals surface area contributed by atoms with E-state index in [0.717, 1.165) is 0 Å². The van der Waals surface area contributed by atoms with Gasteiger partial charge in [0.1, 0.15) is 5.82 Å². The summed E-state index contributed by atoms with van der Waals surface area (Å²) in [6.07, 6.45) is 0. The highest BCUT2D eigenvalue weighted by atomic mass is 35.5. The van der Waals surface area contributed by atoms with E-state index in [9.17, 15) is 4.39 Å². The second-order valence-corrected chi connectivity index (χ2v) is 4.35. The van der Waals surface area contributed by atoms with Crippen molar-refractivity contribution in [3.63, 3.8) is 0 Å². The summed E-state index contributed by atoms with van der Waals surface area (Å²) in [7, 11) is 0. The van der Waals surface area contributed by atoms with Crippen LogP contribution < -0.4 is 5.73 Å². The summed E-state index contributed by atoms with van der Waals surface area (Å²) in [6, 6.07) is 2.22. The van der Waals surface area contributed by atoms with E-state index in [0.29, 0.717) is 10.6 Å². The maximum atomic E-state index is 13.0. The molecule has 0 aromatic heterocycles. The first-order valence-corrected chi connectivity index (χ1v) is 5.09. The molecular formula is C10H12Cl2FN. The molecule has 1 rings (SSSR count). The van der Waals surface area contributed by atoms with Gasteiger partial charge in [0.25, 0.3) is 0 Å². The molecule has 0 unspecified atom stereocenters. The van der Waals surface area contributed by atoms with E-state index in [4.69, 9.17) is 28.9 Å². The number of hydrogen-bond acceptors (Lipinski definition) is 1. The highest BCUT2D eigenvalue weighted by molar-refractivity contribution is 6.42. The van der Waals surface area contributed by atoms with Gasteiger partial charge >= 0.3 is 0 Å². The number of halogens is 3. The van der Waals surface area contributed by atoms with Gasteiger partial charge in [0.2, 0.25) is 0 Å². The molecule has 1 aromatic carbocycles. The van der Waals surface area contributed by atoms with Crippen molar-refractivity contribution in [1.82, 2.24) is 0 Å². The summed E-state index contributed by atoms with van der Waals surface area (Å²) in [6.45, 7) is 3.89. The third-order valence-corrected chi connectivity index (χ3v) is 2.92. The molecule has 0 saturated heterocycles. The van der Waals surface area contributed by atoms with Crippen molar-refractivity contribution < 1.29 is 4.39 Å². The van der Waals surface area contributed by atoms with E-state index in [1.54, 1.807) is 0 Å². The average Bonchev–Trinajstić information content (AvgIpc) is 2.09. The molecule has 0 aliphatic carbocycles.